The largest absolute Gasteiger partial charge is 0.398 e. The van der Waals surface area contributed by atoms with E-state index in [0.717, 1.165) is 28.8 Å². The summed E-state index contributed by atoms with van der Waals surface area (Å²) in [6, 6.07) is 25.3. The zero-order chi connectivity index (χ0) is 16.1. The van der Waals surface area contributed by atoms with E-state index in [1.807, 2.05) is 6.07 Å². The Morgan fingerprint density at radius 2 is 1.35 bits per heavy atom. The third-order valence-corrected chi connectivity index (χ3v) is 4.30. The Morgan fingerprint density at radius 1 is 0.696 bits per heavy atom. The maximum absolute atomic E-state index is 6.54. The Balaban J connectivity index is 2.08. The van der Waals surface area contributed by atoms with Crippen molar-refractivity contribution in [3.05, 3.63) is 78.4 Å². The van der Waals surface area contributed by atoms with Crippen molar-refractivity contribution in [3.63, 3.8) is 0 Å². The molecule has 0 aliphatic rings. The normalized spacial score (nSPS) is 10.7. The van der Waals surface area contributed by atoms with Crippen molar-refractivity contribution in [2.24, 2.45) is 0 Å². The van der Waals surface area contributed by atoms with E-state index in [9.17, 15) is 0 Å². The highest BCUT2D eigenvalue weighted by Gasteiger charge is 2.11. The quantitative estimate of drug-likeness (QED) is 0.579. The molecule has 0 saturated carbocycles. The monoisotopic (exact) mass is 301 g/mol. The zero-order valence-corrected chi connectivity index (χ0v) is 13.6. The molecule has 0 saturated heterocycles. The van der Waals surface area contributed by atoms with Gasteiger partial charge in [-0.05, 0) is 29.5 Å². The molecule has 0 spiro atoms. The molecule has 0 atom stereocenters. The number of anilines is 1. The first-order chi connectivity index (χ1) is 11.3. The molecule has 3 aromatic carbocycles. The Morgan fingerprint density at radius 3 is 2.13 bits per heavy atom. The molecule has 0 radical (unpaired) electrons. The first-order valence-corrected chi connectivity index (χ1v) is 8.33. The number of rotatable bonds is 5. The predicted octanol–water partition coefficient (Wildman–Crippen LogP) is 5.95. The highest BCUT2D eigenvalue weighted by Crippen LogP contribution is 2.36. The van der Waals surface area contributed by atoms with Crippen LogP contribution < -0.4 is 5.73 Å². The van der Waals surface area contributed by atoms with E-state index in [0.29, 0.717) is 0 Å². The van der Waals surface area contributed by atoms with E-state index in [4.69, 9.17) is 5.73 Å². The average molecular weight is 301 g/mol. The van der Waals surface area contributed by atoms with E-state index in [-0.39, 0.29) is 0 Å². The molecule has 0 amide bonds. The second-order valence-electron chi connectivity index (χ2n) is 5.89. The molecule has 0 aliphatic heterocycles. The van der Waals surface area contributed by atoms with Crippen molar-refractivity contribution in [2.45, 2.75) is 26.2 Å². The van der Waals surface area contributed by atoms with Gasteiger partial charge in [-0.25, -0.2) is 0 Å². The lowest BCUT2D eigenvalue weighted by Crippen LogP contribution is -1.97. The summed E-state index contributed by atoms with van der Waals surface area (Å²) in [6.45, 7) is 2.23. The van der Waals surface area contributed by atoms with E-state index in [1.165, 1.54) is 24.0 Å². The molecule has 0 aliphatic carbocycles. The summed E-state index contributed by atoms with van der Waals surface area (Å²) in [7, 11) is 0. The summed E-state index contributed by atoms with van der Waals surface area (Å²) in [4.78, 5) is 0. The van der Waals surface area contributed by atoms with Gasteiger partial charge in [0.2, 0.25) is 0 Å². The van der Waals surface area contributed by atoms with Crippen molar-refractivity contribution in [1.82, 2.24) is 0 Å². The Bertz CT molecular complexity index is 775. The molecule has 0 aromatic heterocycles. The van der Waals surface area contributed by atoms with Crippen molar-refractivity contribution < 1.29 is 0 Å². The van der Waals surface area contributed by atoms with Gasteiger partial charge in [-0.15, -0.1) is 0 Å². The minimum absolute atomic E-state index is 0.864. The van der Waals surface area contributed by atoms with Gasteiger partial charge < -0.3 is 5.73 Å². The van der Waals surface area contributed by atoms with Gasteiger partial charge in [-0.2, -0.15) is 0 Å². The molecule has 2 N–H and O–H groups in total. The van der Waals surface area contributed by atoms with E-state index in [1.54, 1.807) is 0 Å². The first-order valence-electron chi connectivity index (χ1n) is 8.33. The van der Waals surface area contributed by atoms with Crippen LogP contribution in [0.3, 0.4) is 0 Å². The standard InChI is InChI=1S/C22H23N/c1-2-3-10-17-13-7-8-14-19(17)21-16-9-15-20(22(21)23)18-11-5-4-6-12-18/h4-9,11-16H,2-3,10,23H2,1H3. The van der Waals surface area contributed by atoms with Gasteiger partial charge >= 0.3 is 0 Å². The summed E-state index contributed by atoms with van der Waals surface area (Å²) >= 11 is 0. The number of nitrogens with two attached hydrogens (primary N) is 1. The van der Waals surface area contributed by atoms with Gasteiger partial charge in [-0.3, -0.25) is 0 Å². The van der Waals surface area contributed by atoms with E-state index in [2.05, 4.69) is 73.7 Å². The molecule has 3 aromatic rings. The molecule has 116 valence electrons. The molecule has 23 heavy (non-hydrogen) atoms. The van der Waals surface area contributed by atoms with Gasteiger partial charge in [-0.1, -0.05) is 86.1 Å². The summed E-state index contributed by atoms with van der Waals surface area (Å²) in [6.07, 6.45) is 3.50. The second kappa shape index (κ2) is 7.15. The minimum atomic E-state index is 0.864. The summed E-state index contributed by atoms with van der Waals surface area (Å²) in [5.41, 5.74) is 13.5. The molecule has 0 fully saturated rings. The van der Waals surface area contributed by atoms with Crippen LogP contribution in [-0.4, -0.2) is 0 Å². The van der Waals surface area contributed by atoms with Gasteiger partial charge in [0, 0.05) is 16.8 Å². The molecule has 0 unspecified atom stereocenters. The fourth-order valence-electron chi connectivity index (χ4n) is 3.04. The van der Waals surface area contributed by atoms with Crippen molar-refractivity contribution >= 4 is 5.69 Å². The number of hydrogen-bond donors (Lipinski definition) is 1. The first kappa shape index (κ1) is 15.4. The fourth-order valence-corrected chi connectivity index (χ4v) is 3.04. The second-order valence-corrected chi connectivity index (χ2v) is 5.89. The lowest BCUT2D eigenvalue weighted by molar-refractivity contribution is 0.796. The Hall–Kier alpha value is -2.54. The molecular formula is C22H23N. The SMILES string of the molecule is CCCCc1ccccc1-c1cccc(-c2ccccc2)c1N. The van der Waals surface area contributed by atoms with Crippen molar-refractivity contribution in [2.75, 3.05) is 5.73 Å². The zero-order valence-electron chi connectivity index (χ0n) is 13.6. The number of hydrogen-bond acceptors (Lipinski definition) is 1. The highest BCUT2D eigenvalue weighted by atomic mass is 14.6. The van der Waals surface area contributed by atoms with Crippen LogP contribution in [0.1, 0.15) is 25.3 Å². The van der Waals surface area contributed by atoms with Crippen LogP contribution in [0.4, 0.5) is 5.69 Å². The van der Waals surface area contributed by atoms with Crippen LogP contribution in [0.5, 0.6) is 0 Å². The maximum atomic E-state index is 6.54. The van der Waals surface area contributed by atoms with Gasteiger partial charge in [0.25, 0.3) is 0 Å². The molecule has 1 heteroatoms. The van der Waals surface area contributed by atoms with Gasteiger partial charge in [0.05, 0.1) is 0 Å². The Labute approximate surface area is 138 Å². The predicted molar refractivity (Wildman–Crippen MR) is 100 cm³/mol. The molecule has 0 heterocycles. The minimum Gasteiger partial charge on any atom is -0.398 e. The van der Waals surface area contributed by atoms with E-state index < -0.39 is 0 Å². The topological polar surface area (TPSA) is 26.0 Å². The summed E-state index contributed by atoms with van der Waals surface area (Å²) < 4.78 is 0. The van der Waals surface area contributed by atoms with Crippen LogP contribution in [0.15, 0.2) is 72.8 Å². The summed E-state index contributed by atoms with van der Waals surface area (Å²) in [5, 5.41) is 0. The average Bonchev–Trinajstić information content (AvgIpc) is 2.61. The van der Waals surface area contributed by atoms with Gasteiger partial charge in [0.15, 0.2) is 0 Å². The molecule has 1 nitrogen and oxygen atoms in total. The third kappa shape index (κ3) is 3.29. The van der Waals surface area contributed by atoms with Crippen LogP contribution >= 0.6 is 0 Å². The molecular weight excluding hydrogens is 278 g/mol. The number of nitrogen functional groups attached to an aromatic ring is 1. The van der Waals surface area contributed by atoms with Crippen molar-refractivity contribution in [1.29, 1.82) is 0 Å². The van der Waals surface area contributed by atoms with Crippen LogP contribution in [0.2, 0.25) is 0 Å². The third-order valence-electron chi connectivity index (χ3n) is 4.30. The number of aryl methyl sites for hydroxylation is 1. The lowest BCUT2D eigenvalue weighted by atomic mass is 9.92. The number of para-hydroxylation sites is 1. The Kier molecular flexibility index (Phi) is 4.77. The van der Waals surface area contributed by atoms with Crippen LogP contribution in [-0.2, 0) is 6.42 Å². The summed E-state index contributed by atoms with van der Waals surface area (Å²) in [5.74, 6) is 0. The highest BCUT2D eigenvalue weighted by molar-refractivity contribution is 5.89. The maximum Gasteiger partial charge on any atom is 0.0473 e. The number of unbranched alkanes of at least 4 members (excludes halogenated alkanes) is 1. The molecule has 0 bridgehead atoms. The number of benzene rings is 3. The fraction of sp³-hybridized carbons (Fsp3) is 0.182. The van der Waals surface area contributed by atoms with E-state index >= 15 is 0 Å². The van der Waals surface area contributed by atoms with Gasteiger partial charge in [0.1, 0.15) is 0 Å². The lowest BCUT2D eigenvalue weighted by Gasteiger charge is -2.15. The van der Waals surface area contributed by atoms with Crippen LogP contribution in [0.25, 0.3) is 22.3 Å². The van der Waals surface area contributed by atoms with Crippen molar-refractivity contribution in [3.8, 4) is 22.3 Å². The molecule has 3 rings (SSSR count). The smallest absolute Gasteiger partial charge is 0.0473 e. The van der Waals surface area contributed by atoms with Crippen LogP contribution in [0, 0.1) is 0 Å².